The summed E-state index contributed by atoms with van der Waals surface area (Å²) in [4.78, 5) is 25.7. The van der Waals surface area contributed by atoms with Gasteiger partial charge < -0.3 is 16.0 Å². The van der Waals surface area contributed by atoms with Gasteiger partial charge in [-0.3, -0.25) is 9.59 Å². The van der Waals surface area contributed by atoms with Crippen molar-refractivity contribution in [1.82, 2.24) is 5.32 Å². The van der Waals surface area contributed by atoms with Gasteiger partial charge in [0.15, 0.2) is 0 Å². The van der Waals surface area contributed by atoms with Crippen LogP contribution in [0.15, 0.2) is 83.2 Å². The van der Waals surface area contributed by atoms with Gasteiger partial charge in [0.1, 0.15) is 0 Å². The molecule has 5 heteroatoms. The van der Waals surface area contributed by atoms with Gasteiger partial charge in [-0.05, 0) is 38.1 Å². The number of rotatable bonds is 4. The highest BCUT2D eigenvalue weighted by Gasteiger charge is 2.32. The number of hydrogen-bond donors (Lipinski definition) is 3. The molecule has 1 heterocycles. The Morgan fingerprint density at radius 1 is 0.741 bits per heavy atom. The largest absolute Gasteiger partial charge is 0.362 e. The van der Waals surface area contributed by atoms with Crippen molar-refractivity contribution in [1.29, 1.82) is 0 Å². The third kappa shape index (κ3) is 4.08. The summed E-state index contributed by atoms with van der Waals surface area (Å²) >= 11 is 0. The molecule has 0 bridgehead atoms. The zero-order valence-electron chi connectivity index (χ0n) is 15.7. The monoisotopic (exact) mass is 361 g/mol. The highest BCUT2D eigenvalue weighted by molar-refractivity contribution is 6.10. The number of dihydropyridines is 1. The summed E-state index contributed by atoms with van der Waals surface area (Å²) < 4.78 is 0. The number of amides is 2. The molecule has 1 aliphatic heterocycles. The number of nitrogens with one attached hydrogen (secondary N) is 3. The summed E-state index contributed by atoms with van der Waals surface area (Å²) in [5, 5.41) is 8.99. The number of anilines is 2. The van der Waals surface area contributed by atoms with Gasteiger partial charge in [0.05, 0.1) is 0 Å². The molecule has 3 rings (SSSR count). The average Bonchev–Trinajstić information content (AvgIpc) is 2.63. The van der Waals surface area contributed by atoms with Gasteiger partial charge in [0, 0.05) is 39.8 Å². The fourth-order valence-corrected chi connectivity index (χ4v) is 3.38. The standard InChI is InChI=1S/C22H23N3O2/c1-14-19(21(26)24-17-10-6-4-7-11-17)15(2)23-16(3)20(14)22(27)25-18-12-8-5-9-13-18/h4-14,23H,1-3H3,(H,24,26)(H,25,27). The molecule has 2 aromatic rings. The Balaban J connectivity index is 1.82. The molecule has 0 aromatic heterocycles. The minimum Gasteiger partial charge on any atom is -0.362 e. The van der Waals surface area contributed by atoms with E-state index in [1.165, 1.54) is 0 Å². The number of carbonyl (C=O) groups is 2. The van der Waals surface area contributed by atoms with Crippen LogP contribution in [-0.2, 0) is 9.59 Å². The van der Waals surface area contributed by atoms with E-state index in [0.29, 0.717) is 11.1 Å². The maximum atomic E-state index is 12.9. The SMILES string of the molecule is CC1=C(C(=O)Nc2ccccc2)C(C)C(C(=O)Nc2ccccc2)=C(C)N1. The highest BCUT2D eigenvalue weighted by Crippen LogP contribution is 2.31. The fourth-order valence-electron chi connectivity index (χ4n) is 3.38. The number of para-hydroxylation sites is 2. The molecule has 0 unspecified atom stereocenters. The summed E-state index contributed by atoms with van der Waals surface area (Å²) in [7, 11) is 0. The lowest BCUT2D eigenvalue weighted by Crippen LogP contribution is -2.34. The van der Waals surface area contributed by atoms with Crippen LogP contribution in [0.4, 0.5) is 11.4 Å². The van der Waals surface area contributed by atoms with Gasteiger partial charge in [0.25, 0.3) is 11.8 Å². The van der Waals surface area contributed by atoms with Crippen LogP contribution in [0.2, 0.25) is 0 Å². The molecule has 0 fully saturated rings. The molecular formula is C22H23N3O2. The quantitative estimate of drug-likeness (QED) is 0.769. The van der Waals surface area contributed by atoms with E-state index in [1.54, 1.807) is 0 Å². The molecule has 0 radical (unpaired) electrons. The molecule has 138 valence electrons. The normalized spacial score (nSPS) is 14.6. The van der Waals surface area contributed by atoms with Crippen molar-refractivity contribution in [3.05, 3.63) is 83.2 Å². The highest BCUT2D eigenvalue weighted by atomic mass is 16.2. The van der Waals surface area contributed by atoms with E-state index in [1.807, 2.05) is 81.4 Å². The summed E-state index contributed by atoms with van der Waals surface area (Å²) in [6.45, 7) is 5.59. The molecule has 2 aromatic carbocycles. The van der Waals surface area contributed by atoms with Crippen LogP contribution in [0.5, 0.6) is 0 Å². The zero-order chi connectivity index (χ0) is 19.4. The van der Waals surface area contributed by atoms with E-state index in [2.05, 4.69) is 16.0 Å². The molecule has 0 spiro atoms. The first kappa shape index (κ1) is 18.5. The van der Waals surface area contributed by atoms with Crippen LogP contribution >= 0.6 is 0 Å². The van der Waals surface area contributed by atoms with E-state index in [9.17, 15) is 9.59 Å². The lowest BCUT2D eigenvalue weighted by atomic mass is 9.86. The van der Waals surface area contributed by atoms with Gasteiger partial charge in [-0.2, -0.15) is 0 Å². The Kier molecular flexibility index (Phi) is 5.41. The predicted octanol–water partition coefficient (Wildman–Crippen LogP) is 4.05. The number of benzene rings is 2. The van der Waals surface area contributed by atoms with Crippen LogP contribution in [0.25, 0.3) is 0 Å². The van der Waals surface area contributed by atoms with E-state index in [4.69, 9.17) is 0 Å². The Bertz CT molecular complexity index is 840. The molecular weight excluding hydrogens is 338 g/mol. The first-order valence-corrected chi connectivity index (χ1v) is 8.88. The van der Waals surface area contributed by atoms with Crippen LogP contribution < -0.4 is 16.0 Å². The van der Waals surface area contributed by atoms with Crippen molar-refractivity contribution in [2.24, 2.45) is 5.92 Å². The van der Waals surface area contributed by atoms with Gasteiger partial charge in [-0.25, -0.2) is 0 Å². The van der Waals surface area contributed by atoms with Crippen molar-refractivity contribution in [3.63, 3.8) is 0 Å². The second-order valence-corrected chi connectivity index (χ2v) is 6.56. The second-order valence-electron chi connectivity index (χ2n) is 6.56. The minimum atomic E-state index is -0.335. The maximum Gasteiger partial charge on any atom is 0.253 e. The third-order valence-electron chi connectivity index (χ3n) is 4.60. The Hall–Kier alpha value is -3.34. The second kappa shape index (κ2) is 7.91. The molecule has 0 saturated carbocycles. The van der Waals surface area contributed by atoms with E-state index in [0.717, 1.165) is 22.8 Å². The zero-order valence-corrected chi connectivity index (χ0v) is 15.7. The molecule has 1 aliphatic rings. The van der Waals surface area contributed by atoms with Gasteiger partial charge in [-0.1, -0.05) is 43.3 Å². The first-order chi connectivity index (χ1) is 13.0. The van der Waals surface area contributed by atoms with E-state index < -0.39 is 0 Å². The molecule has 5 nitrogen and oxygen atoms in total. The number of allylic oxidation sites excluding steroid dienone is 2. The Morgan fingerprint density at radius 2 is 1.11 bits per heavy atom. The maximum absolute atomic E-state index is 12.9. The van der Waals surface area contributed by atoms with Crippen LogP contribution in [0.3, 0.4) is 0 Å². The fraction of sp³-hybridized carbons (Fsp3) is 0.182. The van der Waals surface area contributed by atoms with Crippen LogP contribution in [0.1, 0.15) is 20.8 Å². The molecule has 0 saturated heterocycles. The van der Waals surface area contributed by atoms with Gasteiger partial charge in [0.2, 0.25) is 0 Å². The van der Waals surface area contributed by atoms with Crippen molar-refractivity contribution in [2.75, 3.05) is 10.6 Å². The first-order valence-electron chi connectivity index (χ1n) is 8.88. The summed E-state index contributed by atoms with van der Waals surface area (Å²) in [5.41, 5.74) is 4.06. The number of carbonyl (C=O) groups excluding carboxylic acids is 2. The summed E-state index contributed by atoms with van der Waals surface area (Å²) in [6.07, 6.45) is 0. The van der Waals surface area contributed by atoms with Crippen molar-refractivity contribution in [2.45, 2.75) is 20.8 Å². The van der Waals surface area contributed by atoms with Crippen molar-refractivity contribution >= 4 is 23.2 Å². The van der Waals surface area contributed by atoms with Crippen molar-refractivity contribution in [3.8, 4) is 0 Å². The third-order valence-corrected chi connectivity index (χ3v) is 4.60. The predicted molar refractivity (Wildman–Crippen MR) is 108 cm³/mol. The van der Waals surface area contributed by atoms with Gasteiger partial charge in [-0.15, -0.1) is 0 Å². The Morgan fingerprint density at radius 3 is 1.48 bits per heavy atom. The van der Waals surface area contributed by atoms with Crippen molar-refractivity contribution < 1.29 is 9.59 Å². The topological polar surface area (TPSA) is 70.2 Å². The Labute approximate surface area is 159 Å². The lowest BCUT2D eigenvalue weighted by Gasteiger charge is -2.28. The van der Waals surface area contributed by atoms with Gasteiger partial charge >= 0.3 is 0 Å². The average molecular weight is 361 g/mol. The summed E-state index contributed by atoms with van der Waals surface area (Å²) in [6, 6.07) is 18.6. The molecule has 2 amide bonds. The lowest BCUT2D eigenvalue weighted by molar-refractivity contribution is -0.113. The smallest absolute Gasteiger partial charge is 0.253 e. The number of hydrogen-bond acceptors (Lipinski definition) is 3. The molecule has 27 heavy (non-hydrogen) atoms. The molecule has 0 atom stereocenters. The minimum absolute atomic E-state index is 0.212. The molecule has 3 N–H and O–H groups in total. The van der Waals surface area contributed by atoms with E-state index >= 15 is 0 Å². The summed E-state index contributed by atoms with van der Waals surface area (Å²) in [5.74, 6) is -0.758. The van der Waals surface area contributed by atoms with Crippen LogP contribution in [-0.4, -0.2) is 11.8 Å². The van der Waals surface area contributed by atoms with E-state index in [-0.39, 0.29) is 17.7 Å². The van der Waals surface area contributed by atoms with Crippen LogP contribution in [0, 0.1) is 5.92 Å². The molecule has 0 aliphatic carbocycles.